The van der Waals surface area contributed by atoms with Crippen molar-refractivity contribution in [1.29, 1.82) is 0 Å². The molecule has 4 heterocycles. The van der Waals surface area contributed by atoms with Crippen LogP contribution in [-0.2, 0) is 4.79 Å². The Labute approximate surface area is 160 Å². The number of hydrogen-bond acceptors (Lipinski definition) is 6. The summed E-state index contributed by atoms with van der Waals surface area (Å²) in [7, 11) is 0. The molecule has 0 saturated heterocycles. The van der Waals surface area contributed by atoms with Gasteiger partial charge in [0.25, 0.3) is 0 Å². The Hall–Kier alpha value is -3.80. The Balaban J connectivity index is 1.63. The molecule has 0 aliphatic carbocycles. The van der Waals surface area contributed by atoms with Crippen molar-refractivity contribution in [3.63, 3.8) is 0 Å². The fraction of sp³-hybridized carbons (Fsp3) is 0.0909. The van der Waals surface area contributed by atoms with Gasteiger partial charge in [0.1, 0.15) is 11.5 Å². The van der Waals surface area contributed by atoms with Crippen LogP contribution >= 0.6 is 0 Å². The molecule has 2 aromatic heterocycles. The van der Waals surface area contributed by atoms with E-state index in [1.807, 2.05) is 18.2 Å². The molecule has 2 aliphatic heterocycles. The highest BCUT2D eigenvalue weighted by Gasteiger charge is 2.38. The Morgan fingerprint density at radius 1 is 0.964 bits per heavy atom. The van der Waals surface area contributed by atoms with Gasteiger partial charge in [-0.3, -0.25) is 19.6 Å². The van der Waals surface area contributed by atoms with Gasteiger partial charge in [0.2, 0.25) is 5.78 Å². The quantitative estimate of drug-likeness (QED) is 0.390. The van der Waals surface area contributed by atoms with Crippen molar-refractivity contribution in [2.24, 2.45) is 0 Å². The third kappa shape index (κ3) is 2.66. The lowest BCUT2D eigenvalue weighted by molar-refractivity contribution is -0.135. The van der Waals surface area contributed by atoms with Gasteiger partial charge in [0.05, 0.1) is 12.0 Å². The monoisotopic (exact) mass is 370 g/mol. The van der Waals surface area contributed by atoms with Gasteiger partial charge in [0, 0.05) is 36.3 Å². The van der Waals surface area contributed by atoms with Crippen molar-refractivity contribution in [3.8, 4) is 11.5 Å². The standard InChI is InChI=1S/C22H14N2O4/c25-19-11-16(14-5-8-23-9-6-14)20-17(27-19)4-3-15-21(26)18(28-22(15)20)10-13-2-1-7-24-12-13/h1-10,12,16H,11H2/b18-10-. The van der Waals surface area contributed by atoms with E-state index in [1.54, 1.807) is 49.1 Å². The van der Waals surface area contributed by atoms with Crippen LogP contribution in [-0.4, -0.2) is 21.7 Å². The fourth-order valence-corrected chi connectivity index (χ4v) is 3.60. The Morgan fingerprint density at radius 2 is 1.82 bits per heavy atom. The summed E-state index contributed by atoms with van der Waals surface area (Å²) in [6, 6.07) is 10.7. The van der Waals surface area contributed by atoms with Crippen molar-refractivity contribution < 1.29 is 19.1 Å². The fourth-order valence-electron chi connectivity index (χ4n) is 3.60. The van der Waals surface area contributed by atoms with Crippen molar-refractivity contribution in [1.82, 2.24) is 9.97 Å². The maximum Gasteiger partial charge on any atom is 0.312 e. The number of fused-ring (bicyclic) bond motifs is 3. The van der Waals surface area contributed by atoms with Crippen LogP contribution in [0.5, 0.6) is 11.5 Å². The molecule has 0 bridgehead atoms. The molecule has 1 atom stereocenters. The van der Waals surface area contributed by atoms with Gasteiger partial charge in [0.15, 0.2) is 5.76 Å². The number of allylic oxidation sites excluding steroid dienone is 1. The molecule has 0 N–H and O–H groups in total. The minimum Gasteiger partial charge on any atom is -0.452 e. The molecule has 3 aromatic rings. The van der Waals surface area contributed by atoms with Gasteiger partial charge in [-0.2, -0.15) is 0 Å². The summed E-state index contributed by atoms with van der Waals surface area (Å²) in [5.41, 5.74) is 2.86. The lowest BCUT2D eigenvalue weighted by Gasteiger charge is -2.26. The molecular weight excluding hydrogens is 356 g/mol. The van der Waals surface area contributed by atoms with E-state index < -0.39 is 0 Å². The average Bonchev–Trinajstić information content (AvgIpc) is 3.04. The van der Waals surface area contributed by atoms with Crippen LogP contribution in [0.2, 0.25) is 0 Å². The summed E-state index contributed by atoms with van der Waals surface area (Å²) < 4.78 is 11.4. The number of aromatic nitrogens is 2. The lowest BCUT2D eigenvalue weighted by Crippen LogP contribution is -2.21. The molecule has 2 aliphatic rings. The zero-order valence-corrected chi connectivity index (χ0v) is 14.7. The van der Waals surface area contributed by atoms with E-state index in [-0.39, 0.29) is 29.9 Å². The highest BCUT2D eigenvalue weighted by atomic mass is 16.5. The summed E-state index contributed by atoms with van der Waals surface area (Å²) >= 11 is 0. The van der Waals surface area contributed by atoms with Crippen LogP contribution in [0.1, 0.15) is 39.4 Å². The van der Waals surface area contributed by atoms with Gasteiger partial charge in [-0.15, -0.1) is 0 Å². The molecule has 0 saturated carbocycles. The molecular formula is C22H14N2O4. The van der Waals surface area contributed by atoms with Crippen LogP contribution < -0.4 is 9.47 Å². The zero-order valence-electron chi connectivity index (χ0n) is 14.7. The van der Waals surface area contributed by atoms with Crippen molar-refractivity contribution in [2.45, 2.75) is 12.3 Å². The van der Waals surface area contributed by atoms with Crippen LogP contribution in [0.25, 0.3) is 6.08 Å². The lowest BCUT2D eigenvalue weighted by atomic mass is 9.85. The highest BCUT2D eigenvalue weighted by molar-refractivity contribution is 6.15. The van der Waals surface area contributed by atoms with Crippen molar-refractivity contribution in [3.05, 3.63) is 89.2 Å². The number of nitrogens with zero attached hydrogens (tertiary/aromatic N) is 2. The third-order valence-electron chi connectivity index (χ3n) is 4.87. The summed E-state index contributed by atoms with van der Waals surface area (Å²) in [5.74, 6) is 0.317. The van der Waals surface area contributed by atoms with Gasteiger partial charge in [-0.05, 0) is 47.5 Å². The second-order valence-corrected chi connectivity index (χ2v) is 6.59. The molecule has 0 fully saturated rings. The summed E-state index contributed by atoms with van der Waals surface area (Å²) in [6.07, 6.45) is 8.52. The van der Waals surface area contributed by atoms with E-state index in [1.165, 1.54) is 0 Å². The number of carbonyl (C=O) groups is 2. The second-order valence-electron chi connectivity index (χ2n) is 6.59. The summed E-state index contributed by atoms with van der Waals surface area (Å²) in [6.45, 7) is 0. The maximum atomic E-state index is 12.9. The number of hydrogen-bond donors (Lipinski definition) is 0. The normalized spacial score (nSPS) is 19.0. The van der Waals surface area contributed by atoms with Crippen LogP contribution in [0, 0.1) is 0 Å². The van der Waals surface area contributed by atoms with E-state index in [2.05, 4.69) is 9.97 Å². The van der Waals surface area contributed by atoms with E-state index in [0.717, 1.165) is 11.1 Å². The Bertz CT molecular complexity index is 1120. The van der Waals surface area contributed by atoms with Crippen LogP contribution in [0.15, 0.2) is 66.9 Å². The largest absolute Gasteiger partial charge is 0.452 e. The molecule has 1 unspecified atom stereocenters. The Kier molecular flexibility index (Phi) is 3.76. The van der Waals surface area contributed by atoms with Gasteiger partial charge >= 0.3 is 5.97 Å². The first-order valence-corrected chi connectivity index (χ1v) is 8.82. The molecule has 1 aromatic carbocycles. The minimum atomic E-state index is -0.315. The summed E-state index contributed by atoms with van der Waals surface area (Å²) in [5, 5.41) is 0. The number of rotatable bonds is 2. The van der Waals surface area contributed by atoms with Gasteiger partial charge in [-0.1, -0.05) is 6.07 Å². The van der Waals surface area contributed by atoms with E-state index in [4.69, 9.17) is 9.47 Å². The molecule has 136 valence electrons. The van der Waals surface area contributed by atoms with Crippen LogP contribution in [0.4, 0.5) is 0 Å². The molecule has 0 spiro atoms. The Morgan fingerprint density at radius 3 is 2.61 bits per heavy atom. The molecule has 6 nitrogen and oxygen atoms in total. The molecule has 5 rings (SSSR count). The third-order valence-corrected chi connectivity index (χ3v) is 4.87. The number of ketones is 1. The highest BCUT2D eigenvalue weighted by Crippen LogP contribution is 2.48. The van der Waals surface area contributed by atoms with Crippen molar-refractivity contribution in [2.75, 3.05) is 0 Å². The second kappa shape index (κ2) is 6.42. The van der Waals surface area contributed by atoms with E-state index >= 15 is 0 Å². The predicted molar refractivity (Wildman–Crippen MR) is 99.9 cm³/mol. The number of pyridine rings is 2. The van der Waals surface area contributed by atoms with Gasteiger partial charge < -0.3 is 9.47 Å². The smallest absolute Gasteiger partial charge is 0.312 e. The van der Waals surface area contributed by atoms with Gasteiger partial charge in [-0.25, -0.2) is 0 Å². The number of Topliss-reactive ketones (excluding diaryl/α,β-unsaturated/α-hetero) is 1. The first-order valence-electron chi connectivity index (χ1n) is 8.82. The van der Waals surface area contributed by atoms with Crippen LogP contribution in [0.3, 0.4) is 0 Å². The number of carbonyl (C=O) groups excluding carboxylic acids is 2. The topological polar surface area (TPSA) is 78.4 Å². The number of ether oxygens (including phenoxy) is 2. The number of benzene rings is 1. The molecule has 0 amide bonds. The first kappa shape index (κ1) is 16.4. The molecule has 0 radical (unpaired) electrons. The first-order chi connectivity index (χ1) is 13.7. The summed E-state index contributed by atoms with van der Waals surface area (Å²) in [4.78, 5) is 33.1. The minimum absolute atomic E-state index is 0.173. The maximum absolute atomic E-state index is 12.9. The van der Waals surface area contributed by atoms with E-state index in [0.29, 0.717) is 22.6 Å². The van der Waals surface area contributed by atoms with Crippen molar-refractivity contribution >= 4 is 17.8 Å². The molecule has 28 heavy (non-hydrogen) atoms. The number of esters is 1. The van der Waals surface area contributed by atoms with E-state index in [9.17, 15) is 9.59 Å². The average molecular weight is 370 g/mol. The zero-order chi connectivity index (χ0) is 19.1. The molecule has 6 heteroatoms. The SMILES string of the molecule is O=C1CC(c2ccncc2)c2c(ccc3c2O/C(=C\c2cccnc2)C3=O)O1. The predicted octanol–water partition coefficient (Wildman–Crippen LogP) is 3.53.